The zero-order valence-electron chi connectivity index (χ0n) is 11.1. The van der Waals surface area contributed by atoms with E-state index in [1.807, 2.05) is 0 Å². The van der Waals surface area contributed by atoms with Crippen LogP contribution in [0.2, 0.25) is 0 Å². The predicted octanol–water partition coefficient (Wildman–Crippen LogP) is 3.90. The first kappa shape index (κ1) is 11.3. The molecular formula is C16H22O. The third kappa shape index (κ3) is 1.55. The standard InChI is InChI=1S/C16H22O/c1-11-7-12-8-16(6-4-5-13(17)9-16)10-14(12)15(11,2)3/h4,6-7,12,14H,5,8-10H2,1-3H3/t12-,14+,16+/m0/s1. The number of allylic oxidation sites excluding steroid dienone is 4. The van der Waals surface area contributed by atoms with Gasteiger partial charge in [-0.2, -0.15) is 0 Å². The van der Waals surface area contributed by atoms with E-state index in [4.69, 9.17) is 0 Å². The summed E-state index contributed by atoms with van der Waals surface area (Å²) in [7, 11) is 0. The fourth-order valence-corrected chi connectivity index (χ4v) is 4.32. The van der Waals surface area contributed by atoms with E-state index in [2.05, 4.69) is 39.0 Å². The van der Waals surface area contributed by atoms with Gasteiger partial charge in [0.15, 0.2) is 0 Å². The van der Waals surface area contributed by atoms with Gasteiger partial charge in [-0.15, -0.1) is 0 Å². The first-order chi connectivity index (χ1) is 7.93. The summed E-state index contributed by atoms with van der Waals surface area (Å²) in [6, 6.07) is 0. The van der Waals surface area contributed by atoms with Crippen molar-refractivity contribution >= 4 is 5.78 Å². The largest absolute Gasteiger partial charge is 0.299 e. The molecule has 3 atom stereocenters. The molecule has 0 radical (unpaired) electrons. The lowest BCUT2D eigenvalue weighted by molar-refractivity contribution is -0.120. The fourth-order valence-electron chi connectivity index (χ4n) is 4.32. The second-order valence-electron chi connectivity index (χ2n) is 6.93. The summed E-state index contributed by atoms with van der Waals surface area (Å²) in [5, 5.41) is 0. The average molecular weight is 230 g/mol. The molecule has 3 rings (SSSR count). The van der Waals surface area contributed by atoms with E-state index in [-0.39, 0.29) is 5.41 Å². The van der Waals surface area contributed by atoms with Crippen molar-refractivity contribution < 1.29 is 4.79 Å². The third-order valence-corrected chi connectivity index (χ3v) is 5.56. The van der Waals surface area contributed by atoms with Crippen LogP contribution in [0.5, 0.6) is 0 Å². The Morgan fingerprint density at radius 3 is 2.71 bits per heavy atom. The molecule has 0 amide bonds. The summed E-state index contributed by atoms with van der Waals surface area (Å²) >= 11 is 0. The highest BCUT2D eigenvalue weighted by Crippen LogP contribution is 2.61. The second-order valence-corrected chi connectivity index (χ2v) is 6.93. The molecular weight excluding hydrogens is 208 g/mol. The Morgan fingerprint density at radius 2 is 2.06 bits per heavy atom. The topological polar surface area (TPSA) is 17.1 Å². The summed E-state index contributed by atoms with van der Waals surface area (Å²) in [5.41, 5.74) is 2.09. The molecule has 1 fully saturated rings. The van der Waals surface area contributed by atoms with Crippen molar-refractivity contribution in [3.05, 3.63) is 23.8 Å². The molecule has 0 N–H and O–H groups in total. The second kappa shape index (κ2) is 3.34. The smallest absolute Gasteiger partial charge is 0.137 e. The maximum atomic E-state index is 11.7. The van der Waals surface area contributed by atoms with Crippen LogP contribution < -0.4 is 0 Å². The van der Waals surface area contributed by atoms with Crippen LogP contribution in [0.25, 0.3) is 0 Å². The maximum absolute atomic E-state index is 11.7. The van der Waals surface area contributed by atoms with Crippen molar-refractivity contribution in [2.75, 3.05) is 0 Å². The van der Waals surface area contributed by atoms with Crippen molar-refractivity contribution in [2.24, 2.45) is 22.7 Å². The minimum absolute atomic E-state index is 0.207. The van der Waals surface area contributed by atoms with E-state index in [1.165, 1.54) is 12.8 Å². The highest BCUT2D eigenvalue weighted by molar-refractivity contribution is 5.82. The molecule has 92 valence electrons. The van der Waals surface area contributed by atoms with E-state index >= 15 is 0 Å². The van der Waals surface area contributed by atoms with E-state index in [9.17, 15) is 4.79 Å². The van der Waals surface area contributed by atoms with Gasteiger partial charge >= 0.3 is 0 Å². The van der Waals surface area contributed by atoms with Crippen LogP contribution in [-0.2, 0) is 4.79 Å². The Kier molecular flexibility index (Phi) is 2.21. The first-order valence-electron chi connectivity index (χ1n) is 6.81. The summed E-state index contributed by atoms with van der Waals surface area (Å²) < 4.78 is 0. The lowest BCUT2D eigenvalue weighted by Gasteiger charge is -2.33. The van der Waals surface area contributed by atoms with Gasteiger partial charge in [-0.05, 0) is 42.4 Å². The Morgan fingerprint density at radius 1 is 1.29 bits per heavy atom. The van der Waals surface area contributed by atoms with Crippen molar-refractivity contribution in [3.63, 3.8) is 0 Å². The van der Waals surface area contributed by atoms with Gasteiger partial charge in [-0.3, -0.25) is 4.79 Å². The third-order valence-electron chi connectivity index (χ3n) is 5.56. The van der Waals surface area contributed by atoms with Crippen LogP contribution in [0.1, 0.15) is 46.5 Å². The number of hydrogen-bond donors (Lipinski definition) is 0. The molecule has 17 heavy (non-hydrogen) atoms. The van der Waals surface area contributed by atoms with Crippen molar-refractivity contribution in [1.82, 2.24) is 0 Å². The predicted molar refractivity (Wildman–Crippen MR) is 69.6 cm³/mol. The zero-order chi connectivity index (χ0) is 12.3. The van der Waals surface area contributed by atoms with Crippen LogP contribution in [0, 0.1) is 22.7 Å². The SMILES string of the molecule is CC1=C[C@H]2C[C@@]3(C=CCC(=O)C3)C[C@H]2C1(C)C. The van der Waals surface area contributed by atoms with Gasteiger partial charge in [-0.25, -0.2) is 0 Å². The van der Waals surface area contributed by atoms with Gasteiger partial charge in [0.1, 0.15) is 5.78 Å². The Bertz CT molecular complexity index is 427. The van der Waals surface area contributed by atoms with Gasteiger partial charge in [0, 0.05) is 12.8 Å². The molecule has 1 spiro atoms. The van der Waals surface area contributed by atoms with Crippen molar-refractivity contribution in [2.45, 2.75) is 46.5 Å². The number of ketones is 1. The number of carbonyl (C=O) groups excluding carboxylic acids is 1. The average Bonchev–Trinajstić information content (AvgIpc) is 2.65. The first-order valence-corrected chi connectivity index (χ1v) is 6.81. The molecule has 3 aliphatic carbocycles. The van der Waals surface area contributed by atoms with Crippen LogP contribution in [0.3, 0.4) is 0 Å². The van der Waals surface area contributed by atoms with E-state index in [0.29, 0.717) is 23.5 Å². The molecule has 0 heterocycles. The Balaban J connectivity index is 1.91. The van der Waals surface area contributed by atoms with Gasteiger partial charge < -0.3 is 0 Å². The molecule has 0 bridgehead atoms. The monoisotopic (exact) mass is 230 g/mol. The molecule has 1 saturated carbocycles. The number of fused-ring (bicyclic) bond motifs is 1. The zero-order valence-corrected chi connectivity index (χ0v) is 11.1. The maximum Gasteiger partial charge on any atom is 0.137 e. The molecule has 0 aromatic heterocycles. The quantitative estimate of drug-likeness (QED) is 0.577. The molecule has 3 aliphatic rings. The lowest BCUT2D eigenvalue weighted by Crippen LogP contribution is -2.26. The lowest BCUT2D eigenvalue weighted by atomic mass is 9.71. The Labute approximate surface area is 104 Å². The number of carbonyl (C=O) groups is 1. The highest BCUT2D eigenvalue weighted by Gasteiger charge is 2.52. The molecule has 1 heteroatoms. The van der Waals surface area contributed by atoms with Crippen molar-refractivity contribution in [3.8, 4) is 0 Å². The van der Waals surface area contributed by atoms with Crippen molar-refractivity contribution in [1.29, 1.82) is 0 Å². The number of hydrogen-bond acceptors (Lipinski definition) is 1. The summed E-state index contributed by atoms with van der Waals surface area (Å²) in [6.45, 7) is 7.01. The normalized spacial score (nSPS) is 43.0. The minimum atomic E-state index is 0.207. The van der Waals surface area contributed by atoms with E-state index in [0.717, 1.165) is 12.3 Å². The van der Waals surface area contributed by atoms with E-state index in [1.54, 1.807) is 5.57 Å². The van der Waals surface area contributed by atoms with Crippen LogP contribution in [0.15, 0.2) is 23.8 Å². The number of Topliss-reactive ketones (excluding diaryl/α,β-unsaturated/α-hetero) is 1. The van der Waals surface area contributed by atoms with Gasteiger partial charge in [0.05, 0.1) is 0 Å². The number of rotatable bonds is 0. The highest BCUT2D eigenvalue weighted by atomic mass is 16.1. The minimum Gasteiger partial charge on any atom is -0.299 e. The Hall–Kier alpha value is -0.850. The molecule has 0 saturated heterocycles. The molecule has 0 unspecified atom stereocenters. The van der Waals surface area contributed by atoms with Gasteiger partial charge in [-0.1, -0.05) is 37.6 Å². The molecule has 1 nitrogen and oxygen atoms in total. The molecule has 0 aliphatic heterocycles. The van der Waals surface area contributed by atoms with Crippen LogP contribution >= 0.6 is 0 Å². The summed E-state index contributed by atoms with van der Waals surface area (Å²) in [5.74, 6) is 1.89. The summed E-state index contributed by atoms with van der Waals surface area (Å²) in [6.07, 6.45) is 10.8. The molecule has 0 aromatic rings. The fraction of sp³-hybridized carbons (Fsp3) is 0.688. The molecule has 0 aromatic carbocycles. The summed E-state index contributed by atoms with van der Waals surface area (Å²) in [4.78, 5) is 11.7. The van der Waals surface area contributed by atoms with Crippen LogP contribution in [0.4, 0.5) is 0 Å². The van der Waals surface area contributed by atoms with Crippen LogP contribution in [-0.4, -0.2) is 5.78 Å². The van der Waals surface area contributed by atoms with E-state index < -0.39 is 0 Å². The van der Waals surface area contributed by atoms with Gasteiger partial charge in [0.25, 0.3) is 0 Å². The van der Waals surface area contributed by atoms with Gasteiger partial charge in [0.2, 0.25) is 0 Å².